The molecular formula is C23H23FN6O5. The normalized spacial score (nSPS) is 25.5. The van der Waals surface area contributed by atoms with Gasteiger partial charge in [0.15, 0.2) is 11.2 Å². The molecule has 3 aromatic rings. The molecule has 0 bridgehead atoms. The maximum Gasteiger partial charge on any atom is 0.328 e. The number of nitrogens with one attached hydrogen (secondary N) is 2. The number of morpholine rings is 1. The molecule has 11 nitrogen and oxygen atoms in total. The average Bonchev–Trinajstić information content (AvgIpc) is 3.33. The Labute approximate surface area is 198 Å². The van der Waals surface area contributed by atoms with Crippen molar-refractivity contribution in [3.8, 4) is 5.82 Å². The van der Waals surface area contributed by atoms with Crippen molar-refractivity contribution in [3.63, 3.8) is 0 Å². The molecular weight excluding hydrogens is 459 g/mol. The third-order valence-electron chi connectivity index (χ3n) is 7.16. The van der Waals surface area contributed by atoms with Crippen LogP contribution in [0.5, 0.6) is 0 Å². The Morgan fingerprint density at radius 3 is 2.51 bits per heavy atom. The van der Waals surface area contributed by atoms with Crippen molar-refractivity contribution >= 4 is 34.5 Å². The fraction of sp³-hybridized carbons (Fsp3) is 0.435. The Bertz CT molecular complexity index is 1420. The van der Waals surface area contributed by atoms with E-state index in [1.165, 1.54) is 0 Å². The van der Waals surface area contributed by atoms with Crippen molar-refractivity contribution in [2.75, 3.05) is 11.4 Å². The van der Waals surface area contributed by atoms with E-state index in [0.29, 0.717) is 16.8 Å². The molecule has 5 heterocycles. The predicted octanol–water partition coefficient (Wildman–Crippen LogP) is 1.66. The number of fused-ring (bicyclic) bond motifs is 5. The molecule has 1 aromatic carbocycles. The first-order valence-corrected chi connectivity index (χ1v) is 11.3. The molecule has 2 aromatic heterocycles. The fourth-order valence-electron chi connectivity index (χ4n) is 5.93. The highest BCUT2D eigenvalue weighted by Gasteiger charge is 2.63. The molecule has 2 fully saturated rings. The maximum atomic E-state index is 16.1. The highest BCUT2D eigenvalue weighted by Crippen LogP contribution is 2.49. The van der Waals surface area contributed by atoms with E-state index >= 15 is 4.39 Å². The molecule has 6 rings (SSSR count). The lowest BCUT2D eigenvalue weighted by Gasteiger charge is -2.55. The summed E-state index contributed by atoms with van der Waals surface area (Å²) in [6, 6.07) is 1.83. The number of carbonyl (C=O) groups is 3. The van der Waals surface area contributed by atoms with Crippen LogP contribution in [0.15, 0.2) is 16.7 Å². The predicted molar refractivity (Wildman–Crippen MR) is 120 cm³/mol. The van der Waals surface area contributed by atoms with E-state index in [2.05, 4.69) is 20.9 Å². The zero-order chi connectivity index (χ0) is 24.8. The summed E-state index contributed by atoms with van der Waals surface area (Å²) in [6.45, 7) is 7.49. The molecule has 3 atom stereocenters. The molecule has 0 saturated carbocycles. The monoisotopic (exact) mass is 482 g/mol. The van der Waals surface area contributed by atoms with E-state index in [-0.39, 0.29) is 30.3 Å². The Balaban J connectivity index is 1.61. The number of nitrogens with zero attached hydrogens (tertiary/aromatic N) is 4. The molecule has 2 N–H and O–H groups in total. The van der Waals surface area contributed by atoms with Gasteiger partial charge in [0.05, 0.1) is 35.0 Å². The number of anilines is 1. The zero-order valence-electron chi connectivity index (χ0n) is 19.5. The van der Waals surface area contributed by atoms with Gasteiger partial charge in [-0.2, -0.15) is 5.10 Å². The summed E-state index contributed by atoms with van der Waals surface area (Å²) in [7, 11) is 0. The van der Waals surface area contributed by atoms with Gasteiger partial charge >= 0.3 is 6.03 Å². The summed E-state index contributed by atoms with van der Waals surface area (Å²) in [4.78, 5) is 40.2. The van der Waals surface area contributed by atoms with Gasteiger partial charge in [-0.25, -0.2) is 13.9 Å². The lowest BCUT2D eigenvalue weighted by Crippen LogP contribution is -2.75. The Morgan fingerprint density at radius 2 is 1.86 bits per heavy atom. The smallest absolute Gasteiger partial charge is 0.328 e. The third kappa shape index (κ3) is 2.83. The molecule has 182 valence electrons. The number of aromatic nitrogens is 3. The lowest BCUT2D eigenvalue weighted by molar-refractivity contribution is -0.153. The number of imide groups is 2. The number of aryl methyl sites for hydroxylation is 2. The quantitative estimate of drug-likeness (QED) is 0.501. The van der Waals surface area contributed by atoms with Crippen molar-refractivity contribution < 1.29 is 28.0 Å². The summed E-state index contributed by atoms with van der Waals surface area (Å²) in [5, 5.41) is 13.3. The van der Waals surface area contributed by atoms with Gasteiger partial charge in [0.25, 0.3) is 0 Å². The van der Waals surface area contributed by atoms with E-state index < -0.39 is 41.2 Å². The largest absolute Gasteiger partial charge is 0.372 e. The number of hydrogen-bond acceptors (Lipinski definition) is 8. The molecule has 3 aliphatic heterocycles. The minimum absolute atomic E-state index is 0.0412. The van der Waals surface area contributed by atoms with Gasteiger partial charge in [0.2, 0.25) is 23.2 Å². The number of barbiturate groups is 1. The third-order valence-corrected chi connectivity index (χ3v) is 7.16. The van der Waals surface area contributed by atoms with Gasteiger partial charge in [0, 0.05) is 18.7 Å². The van der Waals surface area contributed by atoms with Gasteiger partial charge < -0.3 is 14.2 Å². The van der Waals surface area contributed by atoms with Gasteiger partial charge in [-0.3, -0.25) is 20.2 Å². The highest BCUT2D eigenvalue weighted by atomic mass is 19.1. The van der Waals surface area contributed by atoms with Crippen LogP contribution in [0.2, 0.25) is 0 Å². The minimum Gasteiger partial charge on any atom is -0.372 e. The molecule has 1 spiro atoms. The molecule has 35 heavy (non-hydrogen) atoms. The molecule has 2 saturated heterocycles. The number of amides is 4. The van der Waals surface area contributed by atoms with Gasteiger partial charge in [-0.1, -0.05) is 5.16 Å². The summed E-state index contributed by atoms with van der Waals surface area (Å²) in [5.41, 5.74) is 0.473. The number of rotatable bonds is 1. The summed E-state index contributed by atoms with van der Waals surface area (Å²) in [6.07, 6.45) is -1.03. The van der Waals surface area contributed by atoms with Crippen LogP contribution in [0.4, 0.5) is 14.9 Å². The van der Waals surface area contributed by atoms with Crippen LogP contribution < -0.4 is 15.5 Å². The number of carbonyl (C=O) groups excluding carboxylic acids is 3. The molecule has 12 heteroatoms. The topological polar surface area (TPSA) is 132 Å². The highest BCUT2D eigenvalue weighted by molar-refractivity contribution is 6.20. The van der Waals surface area contributed by atoms with Gasteiger partial charge in [0.1, 0.15) is 0 Å². The fourth-order valence-corrected chi connectivity index (χ4v) is 5.93. The van der Waals surface area contributed by atoms with Crippen LogP contribution in [0.1, 0.15) is 30.8 Å². The van der Waals surface area contributed by atoms with Crippen LogP contribution >= 0.6 is 0 Å². The van der Waals surface area contributed by atoms with E-state index in [4.69, 9.17) is 9.26 Å². The van der Waals surface area contributed by atoms with Crippen LogP contribution in [-0.2, 0) is 20.7 Å². The van der Waals surface area contributed by atoms with E-state index in [1.807, 2.05) is 26.8 Å². The van der Waals surface area contributed by atoms with Crippen molar-refractivity contribution in [2.24, 2.45) is 5.41 Å². The maximum absolute atomic E-state index is 16.1. The summed E-state index contributed by atoms with van der Waals surface area (Å²) < 4.78 is 29.1. The molecule has 0 radical (unpaired) electrons. The second kappa shape index (κ2) is 7.11. The zero-order valence-corrected chi connectivity index (χ0v) is 19.5. The SMILES string of the molecule is Cc1cc(C)n(-c2noc3c(F)c4c(cc23)CC2(C(=O)NC(=O)NC2=O)C2C(C)OC(C)CN42)n1. The second-order valence-corrected chi connectivity index (χ2v) is 9.55. The van der Waals surface area contributed by atoms with Crippen molar-refractivity contribution in [1.29, 1.82) is 0 Å². The minimum atomic E-state index is -1.70. The van der Waals surface area contributed by atoms with Crippen LogP contribution in [0.3, 0.4) is 0 Å². The summed E-state index contributed by atoms with van der Waals surface area (Å²) >= 11 is 0. The number of ether oxygens (including phenoxy) is 1. The number of urea groups is 1. The van der Waals surface area contributed by atoms with E-state index in [0.717, 1.165) is 11.4 Å². The van der Waals surface area contributed by atoms with Crippen molar-refractivity contribution in [2.45, 2.75) is 52.4 Å². The number of hydrogen-bond donors (Lipinski definition) is 2. The van der Waals surface area contributed by atoms with Crippen LogP contribution in [-0.4, -0.2) is 57.6 Å². The van der Waals surface area contributed by atoms with Gasteiger partial charge in [-0.15, -0.1) is 0 Å². The van der Waals surface area contributed by atoms with Gasteiger partial charge in [-0.05, 0) is 45.4 Å². The van der Waals surface area contributed by atoms with Crippen molar-refractivity contribution in [3.05, 3.63) is 34.9 Å². The second-order valence-electron chi connectivity index (χ2n) is 9.55. The number of benzene rings is 1. The van der Waals surface area contributed by atoms with Crippen molar-refractivity contribution in [1.82, 2.24) is 25.6 Å². The van der Waals surface area contributed by atoms with E-state index in [9.17, 15) is 14.4 Å². The molecule has 4 amide bonds. The Kier molecular flexibility index (Phi) is 4.41. The summed E-state index contributed by atoms with van der Waals surface area (Å²) in [5.74, 6) is -1.80. The molecule has 0 aliphatic carbocycles. The Morgan fingerprint density at radius 1 is 1.14 bits per heavy atom. The van der Waals surface area contributed by atoms with E-state index in [1.54, 1.807) is 22.6 Å². The standard InChI is InChI=1S/C23H23FN6O5/c1-9-5-10(2)30(27-9)19-14-6-13-7-23(20(31)25-22(33)26-21(23)32)18-12(4)34-11(3)8-29(18)16(13)15(24)17(14)35-28-19/h5-6,11-12,18H,7-8H2,1-4H3,(H2,25,26,31,32,33). The van der Waals surface area contributed by atoms with Crippen LogP contribution in [0.25, 0.3) is 16.8 Å². The molecule has 3 aliphatic rings. The van der Waals surface area contributed by atoms with Crippen LogP contribution in [0, 0.1) is 25.1 Å². The number of halogens is 1. The average molecular weight is 482 g/mol. The first-order chi connectivity index (χ1) is 16.6. The molecule has 3 unspecified atom stereocenters. The first-order valence-electron chi connectivity index (χ1n) is 11.3. The first kappa shape index (κ1) is 21.7. The Hall–Kier alpha value is -3.80. The lowest BCUT2D eigenvalue weighted by atomic mass is 9.66.